The maximum Gasteiger partial charge on any atom is 0.139 e. The molecule has 60 heavy (non-hydrogen) atoms. The molecule has 2 aromatic carbocycles. The summed E-state index contributed by atoms with van der Waals surface area (Å²) in [6.45, 7) is 17.4. The highest BCUT2D eigenvalue weighted by Crippen LogP contribution is 2.49. The maximum atomic E-state index is 6.74. The fraction of sp³-hybridized carbons (Fsp3) is 0.214. The van der Waals surface area contributed by atoms with Crippen LogP contribution in [0, 0.1) is 17.8 Å². The van der Waals surface area contributed by atoms with Crippen LogP contribution in [0.15, 0.2) is 210 Å². The van der Waals surface area contributed by atoms with Crippen molar-refractivity contribution in [3.05, 3.63) is 216 Å². The minimum absolute atomic E-state index is 0.0251. The van der Waals surface area contributed by atoms with Crippen LogP contribution in [-0.4, -0.2) is 22.2 Å². The van der Waals surface area contributed by atoms with E-state index in [4.69, 9.17) is 14.7 Å². The molecule has 2 aliphatic heterocycles. The van der Waals surface area contributed by atoms with E-state index in [0.29, 0.717) is 11.8 Å². The Labute approximate surface area is 355 Å². The molecule has 9 rings (SSSR count). The molecule has 0 radical (unpaired) electrons. The maximum absolute atomic E-state index is 6.74. The fourth-order valence-electron chi connectivity index (χ4n) is 9.50. The van der Waals surface area contributed by atoms with E-state index < -0.39 is 0 Å². The lowest BCUT2D eigenvalue weighted by atomic mass is 9.82. The first-order valence-electron chi connectivity index (χ1n) is 21.5. The second-order valence-electron chi connectivity index (χ2n) is 16.6. The third-order valence-electron chi connectivity index (χ3n) is 12.7. The molecule has 1 aromatic heterocycles. The molecule has 0 amide bonds. The molecule has 4 unspecified atom stereocenters. The van der Waals surface area contributed by atoms with Crippen LogP contribution < -0.4 is 4.74 Å². The molecule has 0 spiro atoms. The van der Waals surface area contributed by atoms with Gasteiger partial charge in [0.25, 0.3) is 0 Å². The number of hydrogen-bond acceptors (Lipinski definition) is 4. The number of benzene rings is 2. The highest BCUT2D eigenvalue weighted by Gasteiger charge is 2.36. The molecule has 298 valence electrons. The second kappa shape index (κ2) is 17.0. The van der Waals surface area contributed by atoms with Gasteiger partial charge in [0.1, 0.15) is 11.9 Å². The predicted octanol–water partition coefficient (Wildman–Crippen LogP) is 14.1. The quantitative estimate of drug-likeness (QED) is 0.144. The zero-order valence-electron chi connectivity index (χ0n) is 34.9. The average Bonchev–Trinajstić information content (AvgIpc) is 3.69. The van der Waals surface area contributed by atoms with E-state index >= 15 is 0 Å². The molecule has 4 aliphatic carbocycles. The number of pyridine rings is 1. The number of ether oxygens (including phenoxy) is 1. The molecule has 0 N–H and O–H groups in total. The van der Waals surface area contributed by atoms with Gasteiger partial charge in [-0.25, -0.2) is 4.98 Å². The van der Waals surface area contributed by atoms with Crippen molar-refractivity contribution in [3.8, 4) is 16.9 Å². The smallest absolute Gasteiger partial charge is 0.139 e. The summed E-state index contributed by atoms with van der Waals surface area (Å²) in [6, 6.07) is 17.1. The van der Waals surface area contributed by atoms with Gasteiger partial charge < -0.3 is 9.64 Å². The third kappa shape index (κ3) is 7.59. The summed E-state index contributed by atoms with van der Waals surface area (Å²) in [5.74, 6) is 1.86. The zero-order valence-corrected chi connectivity index (χ0v) is 34.9. The van der Waals surface area contributed by atoms with E-state index in [2.05, 4.69) is 172 Å². The lowest BCUT2D eigenvalue weighted by Gasteiger charge is -2.24. The van der Waals surface area contributed by atoms with Crippen molar-refractivity contribution in [2.45, 2.75) is 58.5 Å². The number of allylic oxidation sites excluding steroid dienone is 20. The number of aromatic nitrogens is 1. The van der Waals surface area contributed by atoms with Gasteiger partial charge in [-0.1, -0.05) is 154 Å². The Kier molecular flexibility index (Phi) is 11.0. The highest BCUT2D eigenvalue weighted by atomic mass is 16.5. The average molecular weight is 784 g/mol. The van der Waals surface area contributed by atoms with E-state index in [1.54, 1.807) is 0 Å². The highest BCUT2D eigenvalue weighted by molar-refractivity contribution is 5.99. The second-order valence-corrected chi connectivity index (χ2v) is 16.6. The number of aliphatic imine (C=N–C) groups is 1. The summed E-state index contributed by atoms with van der Waals surface area (Å²) in [4.78, 5) is 12.8. The van der Waals surface area contributed by atoms with Crippen molar-refractivity contribution in [2.24, 2.45) is 22.7 Å². The summed E-state index contributed by atoms with van der Waals surface area (Å²) in [6.07, 6.45) is 42.5. The molecule has 4 nitrogen and oxygen atoms in total. The largest absolute Gasteiger partial charge is 0.484 e. The Morgan fingerprint density at radius 1 is 0.933 bits per heavy atom. The molecular formula is C56H53N3O. The molecule has 3 aromatic rings. The molecule has 4 atom stereocenters. The Balaban J connectivity index is 0.974. The van der Waals surface area contributed by atoms with Gasteiger partial charge in [-0.3, -0.25) is 4.99 Å². The molecular weight excluding hydrogens is 731 g/mol. The normalized spacial score (nSPS) is 23.2. The minimum atomic E-state index is 0.0251. The van der Waals surface area contributed by atoms with Crippen molar-refractivity contribution in [3.63, 3.8) is 0 Å². The standard InChI is InChI=1S/C56H53N3O/c1-6-46-40(5)59(52-24-15-9-14-22-47(46)52)39(4)27-26-37(2)36-57-50(43-20-12-8-13-21-43)33-31-41-28-29-45(34-38(41)3)55-54-49-23-16-17-25-53(49)60-56(54)48-32-30-44(35-51(48)58-55)42-18-10-7-11-19-42/h6-13,15-20,23-24,26-30,32-33,35-36,38,43,47,53H,1-2,4,14,21-22,25,31,34H2,3,5H3/b27-26-,50-33-,57-36+. The van der Waals surface area contributed by atoms with Gasteiger partial charge in [-0.15, -0.1) is 0 Å². The van der Waals surface area contributed by atoms with Crippen LogP contribution in [-0.2, 0) is 0 Å². The van der Waals surface area contributed by atoms with E-state index in [-0.39, 0.29) is 12.0 Å². The lowest BCUT2D eigenvalue weighted by molar-refractivity contribution is 0.282. The molecule has 4 heteroatoms. The van der Waals surface area contributed by atoms with Crippen molar-refractivity contribution < 1.29 is 4.74 Å². The van der Waals surface area contributed by atoms with Gasteiger partial charge in [-0.05, 0) is 97.1 Å². The molecule has 3 heterocycles. The van der Waals surface area contributed by atoms with Crippen molar-refractivity contribution in [1.29, 1.82) is 0 Å². The van der Waals surface area contributed by atoms with Crippen molar-refractivity contribution in [2.75, 3.05) is 0 Å². The monoisotopic (exact) mass is 783 g/mol. The number of fused-ring (bicyclic) bond motifs is 6. The summed E-state index contributed by atoms with van der Waals surface area (Å²) in [5.41, 5.74) is 15.9. The van der Waals surface area contributed by atoms with Crippen molar-refractivity contribution >= 4 is 28.3 Å². The third-order valence-corrected chi connectivity index (χ3v) is 12.7. The van der Waals surface area contributed by atoms with Gasteiger partial charge in [0.2, 0.25) is 0 Å². The first-order chi connectivity index (χ1) is 29.4. The number of hydrogen-bond donors (Lipinski definition) is 0. The van der Waals surface area contributed by atoms with Gasteiger partial charge in [0.05, 0.1) is 16.8 Å². The van der Waals surface area contributed by atoms with E-state index in [1.807, 2.05) is 18.4 Å². The van der Waals surface area contributed by atoms with Crippen LogP contribution in [0.1, 0.15) is 63.6 Å². The van der Waals surface area contributed by atoms with Crippen LogP contribution in [0.4, 0.5) is 0 Å². The minimum Gasteiger partial charge on any atom is -0.484 e. The Morgan fingerprint density at radius 2 is 1.78 bits per heavy atom. The zero-order chi connectivity index (χ0) is 41.2. The molecule has 0 saturated carbocycles. The Morgan fingerprint density at radius 3 is 2.60 bits per heavy atom. The van der Waals surface area contributed by atoms with Gasteiger partial charge in [0.15, 0.2) is 0 Å². The first kappa shape index (κ1) is 39.0. The first-order valence-corrected chi connectivity index (χ1v) is 21.5. The van der Waals surface area contributed by atoms with Crippen LogP contribution in [0.2, 0.25) is 0 Å². The summed E-state index contributed by atoms with van der Waals surface area (Å²) in [5, 5.41) is 1.07. The van der Waals surface area contributed by atoms with E-state index in [9.17, 15) is 0 Å². The summed E-state index contributed by atoms with van der Waals surface area (Å²) >= 11 is 0. The molecule has 0 saturated heterocycles. The van der Waals surface area contributed by atoms with Crippen LogP contribution in [0.5, 0.6) is 5.75 Å². The van der Waals surface area contributed by atoms with E-state index in [0.717, 1.165) is 89.0 Å². The van der Waals surface area contributed by atoms with Crippen LogP contribution >= 0.6 is 0 Å². The Bertz CT molecular complexity index is 2660. The molecule has 6 aliphatic rings. The van der Waals surface area contributed by atoms with Crippen LogP contribution in [0.3, 0.4) is 0 Å². The molecule has 0 bridgehead atoms. The van der Waals surface area contributed by atoms with Crippen molar-refractivity contribution in [1.82, 2.24) is 9.88 Å². The summed E-state index contributed by atoms with van der Waals surface area (Å²) in [7, 11) is 0. The van der Waals surface area contributed by atoms with Gasteiger partial charge in [-0.2, -0.15) is 0 Å². The Hall–Kier alpha value is -6.52. The lowest BCUT2D eigenvalue weighted by Crippen LogP contribution is -2.16. The van der Waals surface area contributed by atoms with Crippen LogP contribution in [0.25, 0.3) is 33.2 Å². The van der Waals surface area contributed by atoms with Gasteiger partial charge >= 0.3 is 0 Å². The van der Waals surface area contributed by atoms with E-state index in [1.165, 1.54) is 39.2 Å². The SMILES string of the molecule is C=CC1=C(C)N(C(=C)/C=C\C(=C)/C=N/C(=C\CC2=CC=C(c3nc4cc(-c5ccccc5)ccc4c4c3C3=CC=CCC3O4)CC2C)C2C=CC=CC2)C2=CC=CCCC21. The summed E-state index contributed by atoms with van der Waals surface area (Å²) < 4.78 is 6.74. The number of nitrogens with zero attached hydrogens (tertiary/aromatic N) is 3. The fourth-order valence-corrected chi connectivity index (χ4v) is 9.50. The van der Waals surface area contributed by atoms with Gasteiger partial charge in [0, 0.05) is 58.2 Å². The topological polar surface area (TPSA) is 37.7 Å². The predicted molar refractivity (Wildman–Crippen MR) is 253 cm³/mol. The number of rotatable bonds is 11. The molecule has 0 fully saturated rings.